The predicted molar refractivity (Wildman–Crippen MR) is 85.6 cm³/mol. The Hall–Kier alpha value is -0.460. The molecule has 1 unspecified atom stereocenters. The summed E-state index contributed by atoms with van der Waals surface area (Å²) in [6, 6.07) is 6.38. The van der Waals surface area contributed by atoms with Gasteiger partial charge in [-0.15, -0.1) is 0 Å². The zero-order valence-corrected chi connectivity index (χ0v) is 13.9. The highest BCUT2D eigenvalue weighted by Gasteiger charge is 2.56. The summed E-state index contributed by atoms with van der Waals surface area (Å²) in [6.45, 7) is 0.447. The molecule has 0 aromatic heterocycles. The molecule has 1 fully saturated rings. The van der Waals surface area contributed by atoms with E-state index in [1.807, 2.05) is 0 Å². The molecule has 4 N–H and O–H groups in total. The molecule has 1 atom stereocenters. The number of hydrogen-bond donors (Lipinski definition) is 3. The lowest BCUT2D eigenvalue weighted by Gasteiger charge is -2.47. The van der Waals surface area contributed by atoms with Crippen molar-refractivity contribution in [2.75, 3.05) is 13.7 Å². The third kappa shape index (κ3) is 2.45. The summed E-state index contributed by atoms with van der Waals surface area (Å²) in [5.74, 6) is 0. The molecule has 3 rings (SSSR count). The van der Waals surface area contributed by atoms with Crippen LogP contribution in [0.3, 0.4) is 0 Å². The minimum absolute atomic E-state index is 0.00773. The van der Waals surface area contributed by atoms with Gasteiger partial charge >= 0.3 is 0 Å². The van der Waals surface area contributed by atoms with Gasteiger partial charge in [0.15, 0.2) is 0 Å². The van der Waals surface area contributed by atoms with Gasteiger partial charge in [0.1, 0.15) is 0 Å². The molecule has 0 radical (unpaired) electrons. The predicted octanol–water partition coefficient (Wildman–Crippen LogP) is 2.23. The monoisotopic (exact) mass is 354 g/mol. The Kier molecular flexibility index (Phi) is 4.14. The van der Waals surface area contributed by atoms with Crippen LogP contribution in [0.2, 0.25) is 0 Å². The Morgan fingerprint density at radius 1 is 1.43 bits per heavy atom. The van der Waals surface area contributed by atoms with Crippen LogP contribution in [-0.4, -0.2) is 24.9 Å². The molecule has 0 saturated heterocycles. The minimum Gasteiger partial charge on any atom is -0.393 e. The Labute approximate surface area is 134 Å². The number of nitrogens with one attached hydrogen (secondary N) is 1. The molecule has 116 valence electrons. The second-order valence-electron chi connectivity index (χ2n) is 6.45. The molecule has 1 spiro atoms. The quantitative estimate of drug-likeness (QED) is 0.728. The van der Waals surface area contributed by atoms with Crippen LogP contribution in [0.4, 0.5) is 0 Å². The molecular weight excluding hydrogens is 332 g/mol. The summed E-state index contributed by atoms with van der Waals surface area (Å²) >= 11 is 3.55. The molecule has 2 aliphatic rings. The average molecular weight is 355 g/mol. The molecule has 0 aliphatic heterocycles. The first-order valence-electron chi connectivity index (χ1n) is 7.55. The molecule has 4 nitrogen and oxygen atoms in total. The lowest BCUT2D eigenvalue weighted by Crippen LogP contribution is -2.55. The largest absolute Gasteiger partial charge is 0.393 e. The van der Waals surface area contributed by atoms with Crippen molar-refractivity contribution in [1.82, 2.24) is 5.48 Å². The van der Waals surface area contributed by atoms with E-state index in [4.69, 9.17) is 10.6 Å². The van der Waals surface area contributed by atoms with E-state index in [9.17, 15) is 5.11 Å². The van der Waals surface area contributed by atoms with Gasteiger partial charge in [0.05, 0.1) is 18.2 Å². The topological polar surface area (TPSA) is 67.5 Å². The number of fused-ring (bicyclic) bond motifs is 1. The van der Waals surface area contributed by atoms with Gasteiger partial charge in [0.2, 0.25) is 0 Å². The minimum atomic E-state index is -0.505. The Morgan fingerprint density at radius 3 is 2.81 bits per heavy atom. The Bertz CT molecular complexity index is 529. The van der Waals surface area contributed by atoms with E-state index in [2.05, 4.69) is 39.6 Å². The van der Waals surface area contributed by atoms with Crippen LogP contribution in [0.1, 0.15) is 36.8 Å². The molecule has 21 heavy (non-hydrogen) atoms. The summed E-state index contributed by atoms with van der Waals surface area (Å²) in [5.41, 5.74) is 11.7. The van der Waals surface area contributed by atoms with E-state index in [1.54, 1.807) is 7.05 Å². The summed E-state index contributed by atoms with van der Waals surface area (Å²) < 4.78 is 1.05. The number of benzene rings is 1. The van der Waals surface area contributed by atoms with Gasteiger partial charge in [-0.05, 0) is 60.8 Å². The number of rotatable bonds is 3. The SMILES string of the molecule is CNOCC1(N)c2cc(Br)ccc2CC12CCC(O)CC2. The second-order valence-corrected chi connectivity index (χ2v) is 7.37. The highest BCUT2D eigenvalue weighted by Crippen LogP contribution is 2.56. The summed E-state index contributed by atoms with van der Waals surface area (Å²) in [7, 11) is 1.76. The molecular formula is C16H23BrN2O2. The van der Waals surface area contributed by atoms with Crippen LogP contribution in [0.25, 0.3) is 0 Å². The molecule has 2 aliphatic carbocycles. The highest BCUT2D eigenvalue weighted by atomic mass is 79.9. The van der Waals surface area contributed by atoms with Crippen LogP contribution in [0.15, 0.2) is 22.7 Å². The van der Waals surface area contributed by atoms with Gasteiger partial charge in [-0.25, -0.2) is 5.48 Å². The molecule has 1 saturated carbocycles. The van der Waals surface area contributed by atoms with E-state index < -0.39 is 5.54 Å². The van der Waals surface area contributed by atoms with Crippen molar-refractivity contribution in [3.05, 3.63) is 33.8 Å². The van der Waals surface area contributed by atoms with Crippen molar-refractivity contribution in [3.8, 4) is 0 Å². The van der Waals surface area contributed by atoms with E-state index >= 15 is 0 Å². The van der Waals surface area contributed by atoms with Gasteiger partial charge in [-0.2, -0.15) is 0 Å². The van der Waals surface area contributed by atoms with Gasteiger partial charge in [0, 0.05) is 11.5 Å². The van der Waals surface area contributed by atoms with E-state index in [0.717, 1.165) is 36.6 Å². The third-order valence-corrected chi connectivity index (χ3v) is 5.88. The Morgan fingerprint density at radius 2 is 2.14 bits per heavy atom. The van der Waals surface area contributed by atoms with Gasteiger partial charge in [0.25, 0.3) is 0 Å². The zero-order chi connectivity index (χ0) is 15.1. The first-order valence-corrected chi connectivity index (χ1v) is 8.34. The van der Waals surface area contributed by atoms with E-state index in [1.165, 1.54) is 11.1 Å². The number of aliphatic hydroxyl groups excluding tert-OH is 1. The fourth-order valence-corrected chi connectivity index (χ4v) is 4.48. The standard InChI is InChI=1S/C16H23BrN2O2/c1-19-21-10-16(18)14-8-12(17)3-2-11(14)9-15(16)6-4-13(20)5-7-15/h2-3,8,13,19-20H,4-7,9-10,18H2,1H3. The molecule has 0 bridgehead atoms. The molecule has 1 aromatic carbocycles. The number of halogens is 1. The summed E-state index contributed by atoms with van der Waals surface area (Å²) in [5, 5.41) is 9.87. The van der Waals surface area contributed by atoms with Crippen molar-refractivity contribution >= 4 is 15.9 Å². The molecule has 5 heteroatoms. The van der Waals surface area contributed by atoms with Crippen molar-refractivity contribution in [1.29, 1.82) is 0 Å². The number of hydroxylamine groups is 1. The fourth-order valence-electron chi connectivity index (χ4n) is 4.12. The normalized spacial score (nSPS) is 35.1. The van der Waals surface area contributed by atoms with Crippen molar-refractivity contribution < 1.29 is 9.94 Å². The van der Waals surface area contributed by atoms with Crippen molar-refractivity contribution in [3.63, 3.8) is 0 Å². The molecule has 1 aromatic rings. The van der Waals surface area contributed by atoms with Crippen molar-refractivity contribution in [2.24, 2.45) is 11.1 Å². The maximum absolute atomic E-state index is 9.87. The van der Waals surface area contributed by atoms with Gasteiger partial charge < -0.3 is 10.8 Å². The maximum Gasteiger partial charge on any atom is 0.0909 e. The Balaban J connectivity index is 2.02. The van der Waals surface area contributed by atoms with E-state index in [0.29, 0.717) is 6.61 Å². The van der Waals surface area contributed by atoms with E-state index in [-0.39, 0.29) is 11.5 Å². The lowest BCUT2D eigenvalue weighted by molar-refractivity contribution is -0.0512. The number of nitrogens with two attached hydrogens (primary N) is 1. The smallest absolute Gasteiger partial charge is 0.0909 e. The van der Waals surface area contributed by atoms with Gasteiger partial charge in [-0.1, -0.05) is 22.0 Å². The first-order chi connectivity index (χ1) is 10.0. The lowest BCUT2D eigenvalue weighted by atomic mass is 9.62. The number of aliphatic hydroxyl groups is 1. The summed E-state index contributed by atoms with van der Waals surface area (Å²) in [4.78, 5) is 5.52. The second kappa shape index (κ2) is 5.63. The third-order valence-electron chi connectivity index (χ3n) is 5.38. The van der Waals surface area contributed by atoms with Crippen LogP contribution in [0, 0.1) is 5.41 Å². The zero-order valence-electron chi connectivity index (χ0n) is 12.4. The van der Waals surface area contributed by atoms with Crippen LogP contribution >= 0.6 is 15.9 Å². The maximum atomic E-state index is 9.87. The first kappa shape index (κ1) is 15.4. The van der Waals surface area contributed by atoms with Gasteiger partial charge in [-0.3, -0.25) is 4.84 Å². The molecule has 0 amide bonds. The molecule has 0 heterocycles. The van der Waals surface area contributed by atoms with Crippen LogP contribution < -0.4 is 11.2 Å². The average Bonchev–Trinajstić information content (AvgIpc) is 2.70. The fraction of sp³-hybridized carbons (Fsp3) is 0.625. The van der Waals surface area contributed by atoms with Crippen molar-refractivity contribution in [2.45, 2.75) is 43.7 Å². The van der Waals surface area contributed by atoms with Crippen LogP contribution in [0.5, 0.6) is 0 Å². The summed E-state index contributed by atoms with van der Waals surface area (Å²) in [6.07, 6.45) is 4.35. The highest BCUT2D eigenvalue weighted by molar-refractivity contribution is 9.10. The number of hydrogen-bond acceptors (Lipinski definition) is 4. The van der Waals surface area contributed by atoms with Crippen LogP contribution in [-0.2, 0) is 16.8 Å².